The molecule has 1 unspecified atom stereocenters. The molecule has 1 aromatic rings. The van der Waals surface area contributed by atoms with E-state index in [1.54, 1.807) is 0 Å². The first-order valence-electron chi connectivity index (χ1n) is 5.89. The molecule has 0 aromatic heterocycles. The number of hydrogen-bond acceptors (Lipinski definition) is 2. The highest BCUT2D eigenvalue weighted by Crippen LogP contribution is 2.40. The van der Waals surface area contributed by atoms with Crippen LogP contribution in [0.4, 0.5) is 0 Å². The van der Waals surface area contributed by atoms with Gasteiger partial charge in [0.2, 0.25) is 0 Å². The van der Waals surface area contributed by atoms with Gasteiger partial charge in [-0.2, -0.15) is 0 Å². The summed E-state index contributed by atoms with van der Waals surface area (Å²) >= 11 is 0. The van der Waals surface area contributed by atoms with Gasteiger partial charge in [0.1, 0.15) is 11.9 Å². The lowest BCUT2D eigenvalue weighted by molar-refractivity contribution is 0.223. The van der Waals surface area contributed by atoms with Gasteiger partial charge in [-0.1, -0.05) is 12.1 Å². The van der Waals surface area contributed by atoms with Crippen molar-refractivity contribution in [1.82, 2.24) is 5.32 Å². The Balaban J connectivity index is 1.64. The van der Waals surface area contributed by atoms with Gasteiger partial charge in [0.15, 0.2) is 0 Å². The van der Waals surface area contributed by atoms with Crippen LogP contribution in [0.2, 0.25) is 0 Å². The van der Waals surface area contributed by atoms with E-state index in [0.717, 1.165) is 31.2 Å². The van der Waals surface area contributed by atoms with Crippen molar-refractivity contribution >= 4 is 0 Å². The minimum Gasteiger partial charge on any atom is -0.489 e. The van der Waals surface area contributed by atoms with Crippen molar-refractivity contribution in [2.75, 3.05) is 13.1 Å². The highest BCUT2D eigenvalue weighted by molar-refractivity contribution is 5.31. The van der Waals surface area contributed by atoms with Gasteiger partial charge in [0.05, 0.1) is 0 Å². The number of benzene rings is 1. The van der Waals surface area contributed by atoms with E-state index in [0.29, 0.717) is 6.10 Å². The molecular weight excluding hydrogens is 186 g/mol. The van der Waals surface area contributed by atoms with E-state index in [4.69, 9.17) is 4.74 Å². The van der Waals surface area contributed by atoms with Crippen molar-refractivity contribution in [2.24, 2.45) is 0 Å². The maximum Gasteiger partial charge on any atom is 0.119 e. The molecule has 1 aliphatic carbocycles. The Labute approximate surface area is 90.6 Å². The van der Waals surface area contributed by atoms with E-state index in [1.807, 2.05) is 0 Å². The molecule has 0 bridgehead atoms. The second-order valence-electron chi connectivity index (χ2n) is 4.58. The van der Waals surface area contributed by atoms with Crippen LogP contribution in [0.25, 0.3) is 0 Å². The lowest BCUT2D eigenvalue weighted by Gasteiger charge is -2.12. The van der Waals surface area contributed by atoms with Gasteiger partial charge >= 0.3 is 0 Å². The predicted molar refractivity (Wildman–Crippen MR) is 60.3 cm³/mol. The fraction of sp³-hybridized carbons (Fsp3) is 0.538. The molecule has 1 saturated carbocycles. The topological polar surface area (TPSA) is 21.3 Å². The van der Waals surface area contributed by atoms with Crippen LogP contribution in [-0.2, 0) is 0 Å². The molecule has 2 fully saturated rings. The molecule has 1 atom stereocenters. The Kier molecular flexibility index (Phi) is 2.37. The summed E-state index contributed by atoms with van der Waals surface area (Å²) in [6, 6.07) is 8.67. The number of rotatable bonds is 3. The summed E-state index contributed by atoms with van der Waals surface area (Å²) in [6.07, 6.45) is 4.24. The quantitative estimate of drug-likeness (QED) is 0.814. The van der Waals surface area contributed by atoms with Crippen LogP contribution in [0.5, 0.6) is 5.75 Å². The normalized spacial score (nSPS) is 25.5. The predicted octanol–water partition coefficient (Wildman–Crippen LogP) is 2.30. The van der Waals surface area contributed by atoms with Crippen LogP contribution in [0.1, 0.15) is 30.7 Å². The minimum atomic E-state index is 0.372. The van der Waals surface area contributed by atoms with Crippen LogP contribution in [0.15, 0.2) is 24.3 Å². The molecule has 1 heterocycles. The Morgan fingerprint density at radius 1 is 1.07 bits per heavy atom. The molecule has 1 N–H and O–H groups in total. The molecule has 3 rings (SSSR count). The van der Waals surface area contributed by atoms with E-state index in [2.05, 4.69) is 29.6 Å². The largest absolute Gasteiger partial charge is 0.489 e. The molecule has 80 valence electrons. The maximum atomic E-state index is 5.87. The molecule has 1 saturated heterocycles. The smallest absolute Gasteiger partial charge is 0.119 e. The first-order valence-corrected chi connectivity index (χ1v) is 5.89. The molecule has 1 aliphatic heterocycles. The molecule has 0 amide bonds. The Morgan fingerprint density at radius 3 is 2.47 bits per heavy atom. The zero-order chi connectivity index (χ0) is 10.1. The second-order valence-corrected chi connectivity index (χ2v) is 4.58. The van der Waals surface area contributed by atoms with E-state index >= 15 is 0 Å². The summed E-state index contributed by atoms with van der Waals surface area (Å²) in [6.45, 7) is 2.08. The number of nitrogens with one attached hydrogen (secondary N) is 1. The van der Waals surface area contributed by atoms with Crippen molar-refractivity contribution < 1.29 is 4.74 Å². The molecule has 2 aliphatic rings. The third-order valence-corrected chi connectivity index (χ3v) is 3.25. The zero-order valence-corrected chi connectivity index (χ0v) is 8.91. The van der Waals surface area contributed by atoms with Gasteiger partial charge in [-0.15, -0.1) is 0 Å². The minimum absolute atomic E-state index is 0.372. The summed E-state index contributed by atoms with van der Waals surface area (Å²) in [4.78, 5) is 0. The molecule has 0 radical (unpaired) electrons. The molecule has 1 aromatic carbocycles. The van der Waals surface area contributed by atoms with Crippen molar-refractivity contribution in [3.05, 3.63) is 29.8 Å². The van der Waals surface area contributed by atoms with Crippen LogP contribution in [-0.4, -0.2) is 19.2 Å². The first-order chi connectivity index (χ1) is 7.42. The van der Waals surface area contributed by atoms with Crippen LogP contribution in [0.3, 0.4) is 0 Å². The third kappa shape index (κ3) is 2.15. The summed E-state index contributed by atoms with van der Waals surface area (Å²) in [5.41, 5.74) is 1.48. The SMILES string of the molecule is c1cc(C2CC2)ccc1OC1CCNC1. The van der Waals surface area contributed by atoms with Gasteiger partial charge < -0.3 is 10.1 Å². The Hall–Kier alpha value is -1.02. The zero-order valence-electron chi connectivity index (χ0n) is 8.91. The fourth-order valence-electron chi connectivity index (χ4n) is 2.16. The molecule has 2 nitrogen and oxygen atoms in total. The lowest BCUT2D eigenvalue weighted by atomic mass is 10.1. The van der Waals surface area contributed by atoms with Crippen LogP contribution >= 0.6 is 0 Å². The van der Waals surface area contributed by atoms with Crippen molar-refractivity contribution in [2.45, 2.75) is 31.3 Å². The maximum absolute atomic E-state index is 5.87. The lowest BCUT2D eigenvalue weighted by Crippen LogP contribution is -2.19. The summed E-state index contributed by atoms with van der Waals surface area (Å²) in [5.74, 6) is 1.86. The van der Waals surface area contributed by atoms with E-state index in [1.165, 1.54) is 18.4 Å². The Morgan fingerprint density at radius 2 is 1.87 bits per heavy atom. The van der Waals surface area contributed by atoms with Gasteiger partial charge in [0.25, 0.3) is 0 Å². The van der Waals surface area contributed by atoms with E-state index in [-0.39, 0.29) is 0 Å². The van der Waals surface area contributed by atoms with Gasteiger partial charge in [0, 0.05) is 6.54 Å². The fourth-order valence-corrected chi connectivity index (χ4v) is 2.16. The standard InChI is InChI=1S/C13H17NO/c1-2-10(1)11-3-5-12(6-4-11)15-13-7-8-14-9-13/h3-6,10,13-14H,1-2,7-9H2. The second kappa shape index (κ2) is 3.86. The first kappa shape index (κ1) is 9.22. The van der Waals surface area contributed by atoms with Crippen molar-refractivity contribution in [3.8, 4) is 5.75 Å². The van der Waals surface area contributed by atoms with E-state index in [9.17, 15) is 0 Å². The highest BCUT2D eigenvalue weighted by Gasteiger charge is 2.23. The van der Waals surface area contributed by atoms with Crippen molar-refractivity contribution in [3.63, 3.8) is 0 Å². The number of hydrogen-bond donors (Lipinski definition) is 1. The van der Waals surface area contributed by atoms with E-state index < -0.39 is 0 Å². The number of ether oxygens (including phenoxy) is 1. The summed E-state index contributed by atoms with van der Waals surface area (Å²) in [5, 5.41) is 3.31. The van der Waals surface area contributed by atoms with Gasteiger partial charge in [-0.25, -0.2) is 0 Å². The van der Waals surface area contributed by atoms with Crippen molar-refractivity contribution in [1.29, 1.82) is 0 Å². The molecule has 0 spiro atoms. The highest BCUT2D eigenvalue weighted by atomic mass is 16.5. The monoisotopic (exact) mass is 203 g/mol. The summed E-state index contributed by atoms with van der Waals surface area (Å²) in [7, 11) is 0. The molecule has 15 heavy (non-hydrogen) atoms. The van der Waals surface area contributed by atoms with Gasteiger partial charge in [-0.3, -0.25) is 0 Å². The molecular formula is C13H17NO. The van der Waals surface area contributed by atoms with Gasteiger partial charge in [-0.05, 0) is 49.4 Å². The average molecular weight is 203 g/mol. The summed E-state index contributed by atoms with van der Waals surface area (Å²) < 4.78 is 5.87. The van der Waals surface area contributed by atoms with Crippen LogP contribution < -0.4 is 10.1 Å². The Bertz CT molecular complexity index is 323. The van der Waals surface area contributed by atoms with Crippen LogP contribution in [0, 0.1) is 0 Å². The third-order valence-electron chi connectivity index (χ3n) is 3.25. The average Bonchev–Trinajstić information content (AvgIpc) is 2.99. The molecule has 2 heteroatoms.